The molecule has 3 aromatic rings. The van der Waals surface area contributed by atoms with Gasteiger partial charge in [0.15, 0.2) is 0 Å². The lowest BCUT2D eigenvalue weighted by molar-refractivity contribution is -0.122. The van der Waals surface area contributed by atoms with Gasteiger partial charge in [-0.15, -0.1) is 0 Å². The van der Waals surface area contributed by atoms with Gasteiger partial charge < -0.3 is 15.0 Å². The molecule has 1 saturated heterocycles. The zero-order valence-electron chi connectivity index (χ0n) is 17.0. The Morgan fingerprint density at radius 1 is 1.19 bits per heavy atom. The van der Waals surface area contributed by atoms with Crippen LogP contribution in [0, 0.1) is 18.7 Å². The summed E-state index contributed by atoms with van der Waals surface area (Å²) in [6.07, 6.45) is 1.74. The molecule has 1 unspecified atom stereocenters. The van der Waals surface area contributed by atoms with Crippen molar-refractivity contribution in [2.45, 2.75) is 20.0 Å². The van der Waals surface area contributed by atoms with E-state index in [-0.39, 0.29) is 30.5 Å². The third-order valence-electron chi connectivity index (χ3n) is 5.10. The first-order valence-corrected chi connectivity index (χ1v) is 10.00. The molecule has 158 valence electrons. The van der Waals surface area contributed by atoms with Gasteiger partial charge in [-0.3, -0.25) is 14.6 Å². The van der Waals surface area contributed by atoms with E-state index in [1.54, 1.807) is 49.5 Å². The predicted octanol–water partition coefficient (Wildman–Crippen LogP) is 4.10. The third kappa shape index (κ3) is 4.88. The first-order chi connectivity index (χ1) is 15.0. The van der Waals surface area contributed by atoms with Crippen molar-refractivity contribution in [3.8, 4) is 5.75 Å². The number of hydrogen-bond donors (Lipinski definition) is 1. The number of carbonyl (C=O) groups is 2. The molecule has 6 nitrogen and oxygen atoms in total. The van der Waals surface area contributed by atoms with Crippen molar-refractivity contribution < 1.29 is 18.7 Å². The zero-order chi connectivity index (χ0) is 21.8. The maximum atomic E-state index is 14.3. The van der Waals surface area contributed by atoms with E-state index in [0.29, 0.717) is 18.0 Å². The highest BCUT2D eigenvalue weighted by Crippen LogP contribution is 2.29. The zero-order valence-corrected chi connectivity index (χ0v) is 17.0. The number of nitrogens with one attached hydrogen (secondary N) is 1. The molecule has 0 aliphatic carbocycles. The van der Waals surface area contributed by atoms with E-state index >= 15 is 0 Å². The Bertz CT molecular complexity index is 1100. The van der Waals surface area contributed by atoms with Crippen LogP contribution < -0.4 is 15.0 Å². The first kappa shape index (κ1) is 20.5. The Morgan fingerprint density at radius 2 is 2.06 bits per heavy atom. The molecule has 2 amide bonds. The molecule has 1 N–H and O–H groups in total. The van der Waals surface area contributed by atoms with Crippen LogP contribution >= 0.6 is 0 Å². The molecule has 2 aromatic carbocycles. The van der Waals surface area contributed by atoms with Gasteiger partial charge in [0.05, 0.1) is 17.3 Å². The first-order valence-electron chi connectivity index (χ1n) is 10.00. The summed E-state index contributed by atoms with van der Waals surface area (Å²) in [5.74, 6) is -0.992. The Balaban J connectivity index is 1.39. The number of aromatic nitrogens is 1. The lowest BCUT2D eigenvalue weighted by Crippen LogP contribution is -2.28. The summed E-state index contributed by atoms with van der Waals surface area (Å²) in [6, 6.07) is 17.3. The van der Waals surface area contributed by atoms with Crippen LogP contribution in [0.2, 0.25) is 0 Å². The Morgan fingerprint density at radius 3 is 2.84 bits per heavy atom. The topological polar surface area (TPSA) is 71.5 Å². The summed E-state index contributed by atoms with van der Waals surface area (Å²) in [5, 5.41) is 2.83. The number of ether oxygens (including phenoxy) is 1. The number of aryl methyl sites for hydroxylation is 1. The molecule has 31 heavy (non-hydrogen) atoms. The van der Waals surface area contributed by atoms with Crippen molar-refractivity contribution in [1.82, 2.24) is 4.98 Å². The number of rotatable bonds is 6. The molecule has 1 aromatic heterocycles. The molecular weight excluding hydrogens is 397 g/mol. The molecule has 0 spiro atoms. The number of pyridine rings is 1. The van der Waals surface area contributed by atoms with Gasteiger partial charge in [0.1, 0.15) is 18.2 Å². The maximum absolute atomic E-state index is 14.3. The fourth-order valence-corrected chi connectivity index (χ4v) is 3.50. The highest BCUT2D eigenvalue weighted by Gasteiger charge is 2.36. The SMILES string of the molecule is Cc1ccc(N2CC(C(=O)Nc3cccc(OCc4ccccn4)c3)CC2=O)c(F)c1. The molecular formula is C24H22FN3O3. The monoisotopic (exact) mass is 419 g/mol. The van der Waals surface area contributed by atoms with Gasteiger partial charge in [0.2, 0.25) is 11.8 Å². The molecule has 1 atom stereocenters. The minimum Gasteiger partial charge on any atom is -0.487 e. The summed E-state index contributed by atoms with van der Waals surface area (Å²) in [4.78, 5) is 30.7. The molecule has 4 rings (SSSR count). The Hall–Kier alpha value is -3.74. The van der Waals surface area contributed by atoms with Crippen LogP contribution in [0.3, 0.4) is 0 Å². The van der Waals surface area contributed by atoms with E-state index in [1.165, 1.54) is 11.0 Å². The predicted molar refractivity (Wildman–Crippen MR) is 115 cm³/mol. The Kier molecular flexibility index (Phi) is 5.93. The number of anilines is 2. The summed E-state index contributed by atoms with van der Waals surface area (Å²) in [5.41, 5.74) is 2.34. The van der Waals surface area contributed by atoms with Crippen molar-refractivity contribution in [2.24, 2.45) is 5.92 Å². The number of halogens is 1. The van der Waals surface area contributed by atoms with Gasteiger partial charge >= 0.3 is 0 Å². The van der Waals surface area contributed by atoms with Gasteiger partial charge in [0.25, 0.3) is 0 Å². The molecule has 1 fully saturated rings. The van der Waals surface area contributed by atoms with E-state index in [1.807, 2.05) is 18.2 Å². The second kappa shape index (κ2) is 8.95. The van der Waals surface area contributed by atoms with E-state index in [4.69, 9.17) is 4.74 Å². The van der Waals surface area contributed by atoms with Crippen LogP contribution in [0.4, 0.5) is 15.8 Å². The molecule has 0 bridgehead atoms. The maximum Gasteiger partial charge on any atom is 0.229 e. The van der Waals surface area contributed by atoms with Crippen molar-refractivity contribution in [3.05, 3.63) is 83.9 Å². The fourth-order valence-electron chi connectivity index (χ4n) is 3.50. The fraction of sp³-hybridized carbons (Fsp3) is 0.208. The standard InChI is InChI=1S/C24H22FN3O3/c1-16-8-9-22(21(25)11-16)28-14-17(12-23(28)29)24(30)27-18-6-4-7-20(13-18)31-15-19-5-2-3-10-26-19/h2-11,13,17H,12,14-15H2,1H3,(H,27,30). The van der Waals surface area contributed by atoms with Gasteiger partial charge in [-0.2, -0.15) is 0 Å². The lowest BCUT2D eigenvalue weighted by Gasteiger charge is -2.18. The minimum absolute atomic E-state index is 0.0367. The second-order valence-electron chi connectivity index (χ2n) is 7.49. The average Bonchev–Trinajstić information content (AvgIpc) is 3.15. The summed E-state index contributed by atoms with van der Waals surface area (Å²) >= 11 is 0. The molecule has 1 aliphatic rings. The average molecular weight is 419 g/mol. The number of carbonyl (C=O) groups excluding carboxylic acids is 2. The molecule has 7 heteroatoms. The number of benzene rings is 2. The van der Waals surface area contributed by atoms with Crippen molar-refractivity contribution in [3.63, 3.8) is 0 Å². The highest BCUT2D eigenvalue weighted by atomic mass is 19.1. The second-order valence-corrected chi connectivity index (χ2v) is 7.49. The third-order valence-corrected chi connectivity index (χ3v) is 5.10. The van der Waals surface area contributed by atoms with E-state index < -0.39 is 11.7 Å². The van der Waals surface area contributed by atoms with E-state index in [9.17, 15) is 14.0 Å². The normalized spacial score (nSPS) is 15.7. The molecule has 1 aliphatic heterocycles. The largest absolute Gasteiger partial charge is 0.487 e. The van der Waals surface area contributed by atoms with E-state index in [2.05, 4.69) is 10.3 Å². The molecule has 0 radical (unpaired) electrons. The number of amides is 2. The van der Waals surface area contributed by atoms with Crippen LogP contribution in [0.15, 0.2) is 66.9 Å². The van der Waals surface area contributed by atoms with Crippen LogP contribution in [-0.2, 0) is 16.2 Å². The van der Waals surface area contributed by atoms with Crippen LogP contribution in [-0.4, -0.2) is 23.3 Å². The number of nitrogens with zero attached hydrogens (tertiary/aromatic N) is 2. The summed E-state index contributed by atoms with van der Waals surface area (Å²) in [7, 11) is 0. The summed E-state index contributed by atoms with van der Waals surface area (Å²) < 4.78 is 20.0. The van der Waals surface area contributed by atoms with Crippen LogP contribution in [0.5, 0.6) is 5.75 Å². The highest BCUT2D eigenvalue weighted by molar-refractivity contribution is 6.03. The van der Waals surface area contributed by atoms with Gasteiger partial charge in [-0.1, -0.05) is 18.2 Å². The minimum atomic E-state index is -0.564. The Labute approximate surface area is 179 Å². The lowest BCUT2D eigenvalue weighted by atomic mass is 10.1. The van der Waals surface area contributed by atoms with Gasteiger partial charge in [-0.05, 0) is 48.9 Å². The van der Waals surface area contributed by atoms with Crippen molar-refractivity contribution in [2.75, 3.05) is 16.8 Å². The van der Waals surface area contributed by atoms with Gasteiger partial charge in [-0.25, -0.2) is 4.39 Å². The van der Waals surface area contributed by atoms with E-state index in [0.717, 1.165) is 11.3 Å². The van der Waals surface area contributed by atoms with Crippen LogP contribution in [0.25, 0.3) is 0 Å². The quantitative estimate of drug-likeness (QED) is 0.653. The van der Waals surface area contributed by atoms with Crippen molar-refractivity contribution in [1.29, 1.82) is 0 Å². The van der Waals surface area contributed by atoms with Crippen LogP contribution in [0.1, 0.15) is 17.7 Å². The summed E-state index contributed by atoms with van der Waals surface area (Å²) in [6.45, 7) is 2.23. The smallest absolute Gasteiger partial charge is 0.229 e. The van der Waals surface area contributed by atoms with Crippen molar-refractivity contribution >= 4 is 23.2 Å². The number of hydrogen-bond acceptors (Lipinski definition) is 4. The molecule has 2 heterocycles. The molecule has 0 saturated carbocycles. The van der Waals surface area contributed by atoms with Gasteiger partial charge in [0, 0.05) is 30.9 Å².